The van der Waals surface area contributed by atoms with Gasteiger partial charge in [0.2, 0.25) is 0 Å². The second-order valence-electron chi connectivity index (χ2n) is 1.25. The van der Waals surface area contributed by atoms with Gasteiger partial charge in [0.25, 0.3) is 0 Å². The van der Waals surface area contributed by atoms with Gasteiger partial charge in [-0.25, -0.2) is 0 Å². The Labute approximate surface area is 52.5 Å². The summed E-state index contributed by atoms with van der Waals surface area (Å²) in [7, 11) is 0. The fourth-order valence-corrected chi connectivity index (χ4v) is 0.908. The van der Waals surface area contributed by atoms with E-state index in [0.29, 0.717) is 0 Å². The van der Waals surface area contributed by atoms with E-state index in [4.69, 9.17) is 0 Å². The molecule has 0 aromatic carbocycles. The van der Waals surface area contributed by atoms with Gasteiger partial charge in [-0.15, -0.1) is 5.92 Å². The van der Waals surface area contributed by atoms with Crippen LogP contribution in [-0.4, -0.2) is 4.37 Å². The van der Waals surface area contributed by atoms with E-state index in [0.717, 1.165) is 4.88 Å². The van der Waals surface area contributed by atoms with E-state index in [2.05, 4.69) is 16.2 Å². The molecule has 0 saturated carbocycles. The van der Waals surface area contributed by atoms with E-state index in [1.165, 1.54) is 11.5 Å². The van der Waals surface area contributed by atoms with Crippen LogP contribution in [0.3, 0.4) is 0 Å². The Hall–Kier alpha value is -0.810. The third kappa shape index (κ3) is 1.08. The lowest BCUT2D eigenvalue weighted by atomic mass is 10.5. The highest BCUT2D eigenvalue weighted by Gasteiger charge is 1.82. The minimum Gasteiger partial charge on any atom is -0.200 e. The summed E-state index contributed by atoms with van der Waals surface area (Å²) < 4.78 is 3.88. The largest absolute Gasteiger partial charge is 0.200 e. The predicted octanol–water partition coefficient (Wildman–Crippen LogP) is 1.51. The molecule has 0 spiro atoms. The maximum absolute atomic E-state index is 3.88. The second-order valence-corrected chi connectivity index (χ2v) is 2.08. The molecule has 0 N–H and O–H groups in total. The zero-order chi connectivity index (χ0) is 5.82. The van der Waals surface area contributed by atoms with Crippen molar-refractivity contribution in [2.24, 2.45) is 0 Å². The quantitative estimate of drug-likeness (QED) is 0.476. The summed E-state index contributed by atoms with van der Waals surface area (Å²) in [6.45, 7) is 1.82. The van der Waals surface area contributed by atoms with Crippen LogP contribution < -0.4 is 0 Å². The van der Waals surface area contributed by atoms with Crippen molar-refractivity contribution in [1.82, 2.24) is 4.37 Å². The minimum absolute atomic E-state index is 1.03. The minimum atomic E-state index is 1.03. The Morgan fingerprint density at radius 2 is 2.62 bits per heavy atom. The molecule has 0 aliphatic carbocycles. The average molecular weight is 123 g/mol. The van der Waals surface area contributed by atoms with Crippen LogP contribution in [0, 0.1) is 11.8 Å². The lowest BCUT2D eigenvalue weighted by molar-refractivity contribution is 1.58. The summed E-state index contributed by atoms with van der Waals surface area (Å²) in [4.78, 5) is 1.03. The smallest absolute Gasteiger partial charge is 0.0975 e. The highest BCUT2D eigenvalue weighted by Crippen LogP contribution is 1.99. The van der Waals surface area contributed by atoms with Crippen LogP contribution in [0.15, 0.2) is 12.3 Å². The van der Waals surface area contributed by atoms with Crippen molar-refractivity contribution >= 4 is 11.5 Å². The summed E-state index contributed by atoms with van der Waals surface area (Å²) in [5.41, 5.74) is 0. The first kappa shape index (κ1) is 5.33. The van der Waals surface area contributed by atoms with Gasteiger partial charge in [-0.1, -0.05) is 5.92 Å². The summed E-state index contributed by atoms with van der Waals surface area (Å²) in [5.74, 6) is 5.68. The molecule has 0 radical (unpaired) electrons. The number of rotatable bonds is 0. The van der Waals surface area contributed by atoms with Gasteiger partial charge in [-0.05, 0) is 24.5 Å². The molecule has 0 atom stereocenters. The molecule has 1 heterocycles. The molecule has 0 fully saturated rings. The number of aromatic nitrogens is 1. The third-order valence-corrected chi connectivity index (χ3v) is 1.35. The van der Waals surface area contributed by atoms with Crippen LogP contribution in [-0.2, 0) is 0 Å². The highest BCUT2D eigenvalue weighted by atomic mass is 32.1. The molecular weight excluding hydrogens is 118 g/mol. The normalized spacial score (nSPS) is 7.62. The molecule has 2 heteroatoms. The van der Waals surface area contributed by atoms with Gasteiger partial charge in [0, 0.05) is 6.20 Å². The fourth-order valence-electron chi connectivity index (χ4n) is 0.403. The van der Waals surface area contributed by atoms with Crippen LogP contribution in [0.2, 0.25) is 0 Å². The molecule has 1 rings (SSSR count). The lowest BCUT2D eigenvalue weighted by Crippen LogP contribution is -1.54. The zero-order valence-corrected chi connectivity index (χ0v) is 5.33. The zero-order valence-electron chi connectivity index (χ0n) is 4.51. The Morgan fingerprint density at radius 1 is 1.75 bits per heavy atom. The maximum atomic E-state index is 3.88. The number of hydrogen-bond donors (Lipinski definition) is 0. The molecule has 1 aromatic heterocycles. The fraction of sp³-hybridized carbons (Fsp3) is 0.167. The van der Waals surface area contributed by atoms with E-state index in [-0.39, 0.29) is 0 Å². The number of nitrogens with zero attached hydrogens (tertiary/aromatic N) is 1. The number of hydrogen-bond acceptors (Lipinski definition) is 2. The van der Waals surface area contributed by atoms with Crippen molar-refractivity contribution in [3.63, 3.8) is 0 Å². The third-order valence-electron chi connectivity index (χ3n) is 0.686. The van der Waals surface area contributed by atoms with Crippen molar-refractivity contribution in [3.05, 3.63) is 17.1 Å². The first-order valence-corrected chi connectivity index (χ1v) is 3.04. The molecule has 40 valence electrons. The molecule has 0 aliphatic heterocycles. The summed E-state index contributed by atoms with van der Waals surface area (Å²) in [6.07, 6.45) is 1.75. The predicted molar refractivity (Wildman–Crippen MR) is 34.7 cm³/mol. The topological polar surface area (TPSA) is 12.9 Å². The van der Waals surface area contributed by atoms with Gasteiger partial charge in [0.15, 0.2) is 0 Å². The Morgan fingerprint density at radius 3 is 3.12 bits per heavy atom. The molecule has 0 saturated heterocycles. The lowest BCUT2D eigenvalue weighted by Gasteiger charge is -1.67. The van der Waals surface area contributed by atoms with E-state index < -0.39 is 0 Å². The van der Waals surface area contributed by atoms with Crippen molar-refractivity contribution in [2.75, 3.05) is 0 Å². The van der Waals surface area contributed by atoms with Gasteiger partial charge < -0.3 is 0 Å². The Kier molecular flexibility index (Phi) is 1.66. The van der Waals surface area contributed by atoms with E-state index in [1.807, 2.05) is 13.0 Å². The first-order valence-electron chi connectivity index (χ1n) is 2.27. The van der Waals surface area contributed by atoms with Crippen LogP contribution in [0.5, 0.6) is 0 Å². The molecule has 8 heavy (non-hydrogen) atoms. The van der Waals surface area contributed by atoms with Crippen LogP contribution in [0.1, 0.15) is 11.8 Å². The van der Waals surface area contributed by atoms with Gasteiger partial charge in [-0.3, -0.25) is 0 Å². The van der Waals surface area contributed by atoms with Crippen molar-refractivity contribution in [3.8, 4) is 11.8 Å². The monoisotopic (exact) mass is 123 g/mol. The van der Waals surface area contributed by atoms with Crippen LogP contribution in [0.4, 0.5) is 0 Å². The first-order chi connectivity index (χ1) is 3.93. The van der Waals surface area contributed by atoms with Crippen molar-refractivity contribution < 1.29 is 0 Å². The molecule has 0 bridgehead atoms. The van der Waals surface area contributed by atoms with Gasteiger partial charge in [-0.2, -0.15) is 4.37 Å². The molecular formula is C6H5NS. The summed E-state index contributed by atoms with van der Waals surface area (Å²) in [6, 6.07) is 1.90. The highest BCUT2D eigenvalue weighted by molar-refractivity contribution is 7.06. The molecule has 1 aromatic rings. The second kappa shape index (κ2) is 2.49. The van der Waals surface area contributed by atoms with Crippen molar-refractivity contribution in [2.45, 2.75) is 6.92 Å². The molecule has 0 aliphatic rings. The van der Waals surface area contributed by atoms with E-state index >= 15 is 0 Å². The van der Waals surface area contributed by atoms with Crippen molar-refractivity contribution in [1.29, 1.82) is 0 Å². The standard InChI is InChI=1S/C6H5NS/c1-2-3-6-4-5-7-8-6/h4-5H,1H3. The summed E-state index contributed by atoms with van der Waals surface area (Å²) in [5, 5.41) is 0. The SMILES string of the molecule is CC#Cc1ccns1. The van der Waals surface area contributed by atoms with Crippen LogP contribution >= 0.6 is 11.5 Å². The summed E-state index contributed by atoms with van der Waals surface area (Å²) >= 11 is 1.42. The molecule has 0 amide bonds. The van der Waals surface area contributed by atoms with Gasteiger partial charge >= 0.3 is 0 Å². The molecule has 1 nitrogen and oxygen atoms in total. The maximum Gasteiger partial charge on any atom is 0.0975 e. The Bertz CT molecular complexity index is 202. The Balaban J connectivity index is 2.88. The average Bonchev–Trinajstić information content (AvgIpc) is 2.19. The molecule has 0 unspecified atom stereocenters. The van der Waals surface area contributed by atoms with E-state index in [1.54, 1.807) is 6.20 Å². The van der Waals surface area contributed by atoms with Crippen LogP contribution in [0.25, 0.3) is 0 Å². The van der Waals surface area contributed by atoms with Gasteiger partial charge in [0.1, 0.15) is 0 Å². The van der Waals surface area contributed by atoms with E-state index in [9.17, 15) is 0 Å². The van der Waals surface area contributed by atoms with Gasteiger partial charge in [0.05, 0.1) is 4.88 Å².